The Labute approximate surface area is 81.5 Å². The summed E-state index contributed by atoms with van der Waals surface area (Å²) in [5.74, 6) is -0.0306. The van der Waals surface area contributed by atoms with E-state index in [0.29, 0.717) is 5.69 Å². The van der Waals surface area contributed by atoms with E-state index in [2.05, 4.69) is 5.10 Å². The number of nitrogens with zero attached hydrogens (tertiary/aromatic N) is 2. The topological polar surface area (TPSA) is 52.9 Å². The van der Waals surface area contributed by atoms with Crippen LogP contribution in [0.25, 0.3) is 0 Å². The Hall–Kier alpha value is -1.84. The Morgan fingerprint density at radius 1 is 1.36 bits per heavy atom. The van der Waals surface area contributed by atoms with Crippen molar-refractivity contribution in [3.63, 3.8) is 0 Å². The maximum atomic E-state index is 11.5. The van der Waals surface area contributed by atoms with Gasteiger partial charge in [-0.15, -0.1) is 0 Å². The van der Waals surface area contributed by atoms with Crippen molar-refractivity contribution in [2.24, 2.45) is 11.0 Å². The second-order valence-electron chi connectivity index (χ2n) is 3.22. The van der Waals surface area contributed by atoms with E-state index in [4.69, 9.17) is 5.11 Å². The van der Waals surface area contributed by atoms with Crippen LogP contribution < -0.4 is 5.01 Å². The third-order valence-corrected chi connectivity index (χ3v) is 2.10. The summed E-state index contributed by atoms with van der Waals surface area (Å²) in [5, 5.41) is 14.4. The first-order valence-electron chi connectivity index (χ1n) is 4.35. The number of amides is 1. The number of carbonyl (C=O) groups is 1. The molecule has 1 heterocycles. The third kappa shape index (κ3) is 1.35. The van der Waals surface area contributed by atoms with E-state index >= 15 is 0 Å². The molecule has 0 spiro atoms. The number of phenols is 1. The van der Waals surface area contributed by atoms with Gasteiger partial charge in [0.1, 0.15) is 5.75 Å². The summed E-state index contributed by atoms with van der Waals surface area (Å²) < 4.78 is 0. The van der Waals surface area contributed by atoms with E-state index in [9.17, 15) is 4.79 Å². The number of rotatable bonds is 1. The van der Waals surface area contributed by atoms with Crippen molar-refractivity contribution in [1.82, 2.24) is 0 Å². The summed E-state index contributed by atoms with van der Waals surface area (Å²) in [4.78, 5) is 11.5. The largest absolute Gasteiger partial charge is 0.508 e. The molecule has 14 heavy (non-hydrogen) atoms. The number of aromatic hydroxyl groups is 1. The summed E-state index contributed by atoms with van der Waals surface area (Å²) in [7, 11) is 0. The van der Waals surface area contributed by atoms with Gasteiger partial charge in [-0.05, 0) is 31.2 Å². The standard InChI is InChI=1S/C10H10N2O2/c1-7-6-11-12(10(7)14)8-2-4-9(13)5-3-8/h2-7,13H,1H3. The van der Waals surface area contributed by atoms with Gasteiger partial charge in [0.05, 0.1) is 11.6 Å². The Morgan fingerprint density at radius 3 is 2.50 bits per heavy atom. The number of hydrogen-bond acceptors (Lipinski definition) is 3. The molecule has 0 aliphatic carbocycles. The second-order valence-corrected chi connectivity index (χ2v) is 3.22. The zero-order chi connectivity index (χ0) is 10.1. The zero-order valence-corrected chi connectivity index (χ0v) is 7.71. The third-order valence-electron chi connectivity index (χ3n) is 2.10. The van der Waals surface area contributed by atoms with Gasteiger partial charge >= 0.3 is 0 Å². The second kappa shape index (κ2) is 3.14. The number of carbonyl (C=O) groups excluding carboxylic acids is 1. The van der Waals surface area contributed by atoms with Crippen LogP contribution in [0.4, 0.5) is 5.69 Å². The smallest absolute Gasteiger partial charge is 0.255 e. The lowest BCUT2D eigenvalue weighted by Crippen LogP contribution is -2.24. The molecule has 1 atom stereocenters. The molecule has 72 valence electrons. The highest BCUT2D eigenvalue weighted by molar-refractivity contribution is 6.07. The van der Waals surface area contributed by atoms with E-state index in [1.165, 1.54) is 17.1 Å². The first kappa shape index (κ1) is 8.74. The number of phenolic OH excluding ortho intramolecular Hbond substituents is 1. The molecule has 1 N–H and O–H groups in total. The van der Waals surface area contributed by atoms with E-state index in [1.807, 2.05) is 0 Å². The molecule has 1 aromatic rings. The molecule has 1 aromatic carbocycles. The van der Waals surface area contributed by atoms with Gasteiger partial charge in [-0.1, -0.05) is 0 Å². The Kier molecular flexibility index (Phi) is 1.96. The van der Waals surface area contributed by atoms with Crippen molar-refractivity contribution in [2.45, 2.75) is 6.92 Å². The van der Waals surface area contributed by atoms with Gasteiger partial charge in [-0.2, -0.15) is 5.10 Å². The van der Waals surface area contributed by atoms with Crippen LogP contribution in [0.5, 0.6) is 5.75 Å². The average Bonchev–Trinajstić information content (AvgIpc) is 2.50. The SMILES string of the molecule is CC1C=NN(c2ccc(O)cc2)C1=O. The van der Waals surface area contributed by atoms with E-state index in [1.54, 1.807) is 25.3 Å². The first-order valence-corrected chi connectivity index (χ1v) is 4.35. The Morgan fingerprint density at radius 2 is 2.00 bits per heavy atom. The first-order chi connectivity index (χ1) is 6.68. The highest BCUT2D eigenvalue weighted by atomic mass is 16.3. The lowest BCUT2D eigenvalue weighted by atomic mass is 10.2. The summed E-state index contributed by atoms with van der Waals surface area (Å²) in [6.07, 6.45) is 1.61. The molecule has 1 unspecified atom stereocenters. The van der Waals surface area contributed by atoms with E-state index in [-0.39, 0.29) is 17.6 Å². The van der Waals surface area contributed by atoms with E-state index < -0.39 is 0 Å². The maximum Gasteiger partial charge on any atom is 0.255 e. The molecule has 0 fully saturated rings. The van der Waals surface area contributed by atoms with Crippen LogP contribution in [-0.2, 0) is 4.79 Å². The van der Waals surface area contributed by atoms with Gasteiger partial charge in [0.15, 0.2) is 0 Å². The molecule has 2 rings (SSSR count). The number of benzene rings is 1. The lowest BCUT2D eigenvalue weighted by molar-refractivity contribution is -0.119. The fraction of sp³-hybridized carbons (Fsp3) is 0.200. The van der Waals surface area contributed by atoms with Crippen molar-refractivity contribution < 1.29 is 9.90 Å². The monoisotopic (exact) mass is 190 g/mol. The van der Waals surface area contributed by atoms with Gasteiger partial charge in [0.25, 0.3) is 5.91 Å². The highest BCUT2D eigenvalue weighted by Gasteiger charge is 2.25. The maximum absolute atomic E-state index is 11.5. The summed E-state index contributed by atoms with van der Waals surface area (Å²) >= 11 is 0. The summed E-state index contributed by atoms with van der Waals surface area (Å²) in [6, 6.07) is 6.37. The fourth-order valence-electron chi connectivity index (χ4n) is 1.27. The van der Waals surface area contributed by atoms with Crippen LogP contribution in [0.15, 0.2) is 29.4 Å². The van der Waals surface area contributed by atoms with Crippen LogP contribution in [0, 0.1) is 5.92 Å². The Bertz CT molecular complexity index is 384. The molecule has 0 aromatic heterocycles. The molecule has 1 amide bonds. The van der Waals surface area contributed by atoms with Gasteiger partial charge in [-0.25, -0.2) is 5.01 Å². The fourth-order valence-corrected chi connectivity index (χ4v) is 1.27. The van der Waals surface area contributed by atoms with Gasteiger partial charge in [0.2, 0.25) is 0 Å². The quantitative estimate of drug-likeness (QED) is 0.726. The predicted octanol–water partition coefficient (Wildman–Crippen LogP) is 1.36. The summed E-state index contributed by atoms with van der Waals surface area (Å²) in [5.41, 5.74) is 0.674. The Balaban J connectivity index is 2.29. The molecule has 0 saturated heterocycles. The minimum absolute atomic E-state index is 0.0457. The lowest BCUT2D eigenvalue weighted by Gasteiger charge is -2.12. The number of hydrazone groups is 1. The van der Waals surface area contributed by atoms with Gasteiger partial charge < -0.3 is 5.11 Å². The molecule has 1 aliphatic heterocycles. The molecule has 4 nitrogen and oxygen atoms in total. The number of anilines is 1. The van der Waals surface area contributed by atoms with Crippen LogP contribution in [-0.4, -0.2) is 17.2 Å². The van der Waals surface area contributed by atoms with Crippen LogP contribution in [0.3, 0.4) is 0 Å². The average molecular weight is 190 g/mol. The van der Waals surface area contributed by atoms with Crippen LogP contribution in [0.1, 0.15) is 6.92 Å². The molecule has 4 heteroatoms. The minimum atomic E-state index is -0.163. The van der Waals surface area contributed by atoms with Crippen molar-refractivity contribution >= 4 is 17.8 Å². The molecule has 0 radical (unpaired) electrons. The van der Waals surface area contributed by atoms with Crippen molar-refractivity contribution in [2.75, 3.05) is 5.01 Å². The molecule has 1 aliphatic rings. The summed E-state index contributed by atoms with van der Waals surface area (Å²) in [6.45, 7) is 1.80. The minimum Gasteiger partial charge on any atom is -0.508 e. The molecule has 0 saturated carbocycles. The van der Waals surface area contributed by atoms with Gasteiger partial charge in [-0.3, -0.25) is 4.79 Å². The zero-order valence-electron chi connectivity index (χ0n) is 7.71. The van der Waals surface area contributed by atoms with Crippen molar-refractivity contribution in [1.29, 1.82) is 0 Å². The number of hydrogen-bond donors (Lipinski definition) is 1. The van der Waals surface area contributed by atoms with Crippen molar-refractivity contribution in [3.05, 3.63) is 24.3 Å². The van der Waals surface area contributed by atoms with Crippen LogP contribution >= 0.6 is 0 Å². The van der Waals surface area contributed by atoms with Crippen LogP contribution in [0.2, 0.25) is 0 Å². The van der Waals surface area contributed by atoms with Gasteiger partial charge in [0, 0.05) is 6.21 Å². The van der Waals surface area contributed by atoms with Crippen molar-refractivity contribution in [3.8, 4) is 5.75 Å². The highest BCUT2D eigenvalue weighted by Crippen LogP contribution is 2.22. The van der Waals surface area contributed by atoms with E-state index in [0.717, 1.165) is 0 Å². The molecular formula is C10H10N2O2. The normalized spacial score (nSPS) is 20.5. The predicted molar refractivity (Wildman–Crippen MR) is 53.2 cm³/mol. The molecular weight excluding hydrogens is 180 g/mol. The molecule has 0 bridgehead atoms.